The van der Waals surface area contributed by atoms with E-state index in [9.17, 15) is 0 Å². The van der Waals surface area contributed by atoms with Crippen molar-refractivity contribution >= 4 is 49.4 Å². The lowest BCUT2D eigenvalue weighted by Crippen LogP contribution is -2.11. The Morgan fingerprint density at radius 1 is 0.236 bits per heavy atom. The van der Waals surface area contributed by atoms with Gasteiger partial charge in [-0.25, -0.2) is 0 Å². The molecule has 0 N–H and O–H groups in total. The number of hydrogen-bond donors (Lipinski definition) is 0. The van der Waals surface area contributed by atoms with E-state index < -0.39 is 0 Å². The summed E-state index contributed by atoms with van der Waals surface area (Å²) in [5.74, 6) is 0. The maximum Gasteiger partial charge on any atom is 0.0540 e. The van der Waals surface area contributed by atoms with Crippen molar-refractivity contribution in [2.75, 3.05) is 4.90 Å². The highest BCUT2D eigenvalue weighted by Gasteiger charge is 2.20. The Balaban J connectivity index is 1.22. The number of fused-ring (bicyclic) bond motifs is 4. The van der Waals surface area contributed by atoms with Gasteiger partial charge >= 0.3 is 0 Å². The number of rotatable bonds is 7. The van der Waals surface area contributed by atoms with Gasteiger partial charge < -0.3 is 4.90 Å². The minimum atomic E-state index is 1.09. The van der Waals surface area contributed by atoms with Crippen molar-refractivity contribution in [3.63, 3.8) is 0 Å². The molecule has 55 heavy (non-hydrogen) atoms. The molecule has 0 aliphatic carbocycles. The SMILES string of the molecule is c1ccc(-c2ccc(N(c3cccc(-c4cccc5ccccc45)c3)c3cccc(-c4cc5ccccc5c5ccccc45)c3)c(-c3ccccc3)c2)cc1. The Morgan fingerprint density at radius 2 is 0.764 bits per heavy atom. The standard InChI is InChI=1S/C54H37N/c1-3-16-38(17-4-1)41-32-33-54(53(36-41)40-18-5-2-6-19-40)55(45-25-13-23-42(34-45)48-31-15-22-39-20-7-9-27-47(39)48)46-26-14-24-43(35-46)52-37-44-21-8-10-28-49(44)50-29-11-12-30-51(50)52/h1-37H. The van der Waals surface area contributed by atoms with Crippen molar-refractivity contribution < 1.29 is 0 Å². The molecule has 258 valence electrons. The van der Waals surface area contributed by atoms with Crippen LogP contribution < -0.4 is 4.90 Å². The molecule has 1 heteroatoms. The van der Waals surface area contributed by atoms with E-state index in [1.807, 2.05) is 0 Å². The van der Waals surface area contributed by atoms with Gasteiger partial charge in [0, 0.05) is 16.9 Å². The van der Waals surface area contributed by atoms with Gasteiger partial charge in [-0.2, -0.15) is 0 Å². The lowest BCUT2D eigenvalue weighted by atomic mass is 9.92. The van der Waals surface area contributed by atoms with Crippen molar-refractivity contribution in [3.05, 3.63) is 224 Å². The van der Waals surface area contributed by atoms with Gasteiger partial charge in [-0.05, 0) is 114 Å². The van der Waals surface area contributed by atoms with Crippen molar-refractivity contribution in [1.82, 2.24) is 0 Å². The Kier molecular flexibility index (Phi) is 8.24. The maximum atomic E-state index is 2.44. The van der Waals surface area contributed by atoms with Gasteiger partial charge in [-0.15, -0.1) is 0 Å². The molecule has 0 atom stereocenters. The van der Waals surface area contributed by atoms with E-state index in [2.05, 4.69) is 229 Å². The van der Waals surface area contributed by atoms with Crippen LogP contribution in [-0.2, 0) is 0 Å². The summed E-state index contributed by atoms with van der Waals surface area (Å²) in [6, 6.07) is 81.6. The first-order chi connectivity index (χ1) is 27.3. The van der Waals surface area contributed by atoms with E-state index >= 15 is 0 Å². The fourth-order valence-corrected chi connectivity index (χ4v) is 8.21. The third kappa shape index (κ3) is 6.02. The number of hydrogen-bond acceptors (Lipinski definition) is 1. The molecule has 0 amide bonds. The van der Waals surface area contributed by atoms with Crippen LogP contribution in [-0.4, -0.2) is 0 Å². The van der Waals surface area contributed by atoms with Crippen LogP contribution in [0.2, 0.25) is 0 Å². The van der Waals surface area contributed by atoms with Crippen LogP contribution in [0.1, 0.15) is 0 Å². The van der Waals surface area contributed by atoms with Gasteiger partial charge in [-0.3, -0.25) is 0 Å². The van der Waals surface area contributed by atoms with Crippen LogP contribution in [0, 0.1) is 0 Å². The molecule has 10 aromatic rings. The van der Waals surface area contributed by atoms with E-state index in [0.717, 1.165) is 17.1 Å². The van der Waals surface area contributed by atoms with Crippen LogP contribution in [0.15, 0.2) is 224 Å². The molecule has 10 rings (SSSR count). The predicted molar refractivity (Wildman–Crippen MR) is 235 cm³/mol. The molecule has 10 aromatic carbocycles. The van der Waals surface area contributed by atoms with Crippen LogP contribution in [0.5, 0.6) is 0 Å². The summed E-state index contributed by atoms with van der Waals surface area (Å²) in [7, 11) is 0. The van der Waals surface area contributed by atoms with Gasteiger partial charge in [0.05, 0.1) is 5.69 Å². The second-order valence-corrected chi connectivity index (χ2v) is 14.1. The molecule has 0 saturated heterocycles. The van der Waals surface area contributed by atoms with Crippen molar-refractivity contribution in [2.24, 2.45) is 0 Å². The summed E-state index contributed by atoms with van der Waals surface area (Å²) in [4.78, 5) is 2.44. The highest BCUT2D eigenvalue weighted by molar-refractivity contribution is 6.14. The second kappa shape index (κ2) is 14.0. The molecule has 0 fully saturated rings. The molecule has 0 radical (unpaired) electrons. The second-order valence-electron chi connectivity index (χ2n) is 14.1. The lowest BCUT2D eigenvalue weighted by Gasteiger charge is -2.29. The molecule has 0 saturated carbocycles. The molecular formula is C54H37N. The zero-order valence-corrected chi connectivity index (χ0v) is 30.3. The molecule has 0 aliphatic heterocycles. The summed E-state index contributed by atoms with van der Waals surface area (Å²) in [6.45, 7) is 0. The summed E-state index contributed by atoms with van der Waals surface area (Å²) in [5.41, 5.74) is 12.8. The van der Waals surface area contributed by atoms with Gasteiger partial charge in [0.1, 0.15) is 0 Å². The van der Waals surface area contributed by atoms with Crippen LogP contribution >= 0.6 is 0 Å². The number of anilines is 3. The molecule has 1 nitrogen and oxygen atoms in total. The average Bonchev–Trinajstić information content (AvgIpc) is 3.27. The quantitative estimate of drug-likeness (QED) is 0.150. The topological polar surface area (TPSA) is 3.24 Å². The van der Waals surface area contributed by atoms with Gasteiger partial charge in [0.2, 0.25) is 0 Å². The van der Waals surface area contributed by atoms with Crippen molar-refractivity contribution in [3.8, 4) is 44.5 Å². The van der Waals surface area contributed by atoms with Crippen LogP contribution in [0.4, 0.5) is 17.1 Å². The summed E-state index contributed by atoms with van der Waals surface area (Å²) >= 11 is 0. The van der Waals surface area contributed by atoms with Gasteiger partial charge in [0.25, 0.3) is 0 Å². The third-order valence-corrected chi connectivity index (χ3v) is 10.8. The molecular weight excluding hydrogens is 663 g/mol. The summed E-state index contributed by atoms with van der Waals surface area (Å²) in [6.07, 6.45) is 0. The van der Waals surface area contributed by atoms with E-state index in [4.69, 9.17) is 0 Å². The van der Waals surface area contributed by atoms with Gasteiger partial charge in [-0.1, -0.05) is 182 Å². The Morgan fingerprint density at radius 3 is 1.49 bits per heavy atom. The molecule has 0 unspecified atom stereocenters. The fourth-order valence-electron chi connectivity index (χ4n) is 8.21. The van der Waals surface area contributed by atoms with Crippen LogP contribution in [0.3, 0.4) is 0 Å². The van der Waals surface area contributed by atoms with E-state index in [1.165, 1.54) is 76.8 Å². The Hall–Kier alpha value is -7.22. The fraction of sp³-hybridized carbons (Fsp3) is 0. The molecule has 0 bridgehead atoms. The van der Waals surface area contributed by atoms with Crippen LogP contribution in [0.25, 0.3) is 76.8 Å². The maximum absolute atomic E-state index is 2.44. The van der Waals surface area contributed by atoms with Crippen molar-refractivity contribution in [1.29, 1.82) is 0 Å². The van der Waals surface area contributed by atoms with E-state index in [-0.39, 0.29) is 0 Å². The van der Waals surface area contributed by atoms with E-state index in [1.54, 1.807) is 0 Å². The first-order valence-electron chi connectivity index (χ1n) is 18.9. The minimum Gasteiger partial charge on any atom is -0.310 e. The minimum absolute atomic E-state index is 1.09. The zero-order valence-electron chi connectivity index (χ0n) is 30.3. The Bertz CT molecular complexity index is 2980. The zero-order chi connectivity index (χ0) is 36.6. The predicted octanol–water partition coefficient (Wildman–Crippen LogP) is 15.3. The van der Waals surface area contributed by atoms with Gasteiger partial charge in [0.15, 0.2) is 0 Å². The van der Waals surface area contributed by atoms with E-state index in [0.29, 0.717) is 0 Å². The molecule has 0 heterocycles. The lowest BCUT2D eigenvalue weighted by molar-refractivity contribution is 1.28. The monoisotopic (exact) mass is 699 g/mol. The average molecular weight is 700 g/mol. The number of benzene rings is 10. The normalized spacial score (nSPS) is 11.3. The Labute approximate surface area is 322 Å². The number of nitrogens with zero attached hydrogens (tertiary/aromatic N) is 1. The highest BCUT2D eigenvalue weighted by Crippen LogP contribution is 2.45. The molecule has 0 aliphatic rings. The first-order valence-corrected chi connectivity index (χ1v) is 18.9. The first kappa shape index (κ1) is 32.4. The highest BCUT2D eigenvalue weighted by atomic mass is 15.1. The molecule has 0 aromatic heterocycles. The van der Waals surface area contributed by atoms with Crippen molar-refractivity contribution in [2.45, 2.75) is 0 Å². The largest absolute Gasteiger partial charge is 0.310 e. The third-order valence-electron chi connectivity index (χ3n) is 10.8. The summed E-state index contributed by atoms with van der Waals surface area (Å²) < 4.78 is 0. The smallest absolute Gasteiger partial charge is 0.0540 e. The molecule has 0 spiro atoms. The summed E-state index contributed by atoms with van der Waals surface area (Å²) in [5, 5.41) is 7.51.